The number of hydrogen-bond acceptors (Lipinski definition) is 2. The van der Waals surface area contributed by atoms with Crippen LogP contribution in [-0.2, 0) is 5.41 Å². The largest absolute Gasteiger partial charge is 0.490 e. The van der Waals surface area contributed by atoms with E-state index in [1.54, 1.807) is 0 Å². The smallest absolute Gasteiger partial charge is 0.123 e. The Morgan fingerprint density at radius 2 is 1.95 bits per heavy atom. The second-order valence-corrected chi connectivity index (χ2v) is 6.36. The van der Waals surface area contributed by atoms with Gasteiger partial charge in [-0.3, -0.25) is 0 Å². The standard InChI is InChI=1S/C17H25NO/c1-13-7-8-16(19-14-5-4-6-14)15(11-13)17(12-18)9-2-3-10-17/h7-8,11,14H,2-6,9-10,12,18H2,1H3. The normalized spacial score (nSPS) is 22.2. The van der Waals surface area contributed by atoms with Gasteiger partial charge in [-0.1, -0.05) is 30.5 Å². The quantitative estimate of drug-likeness (QED) is 0.895. The highest BCUT2D eigenvalue weighted by molar-refractivity contribution is 5.43. The van der Waals surface area contributed by atoms with Gasteiger partial charge >= 0.3 is 0 Å². The Hall–Kier alpha value is -1.02. The number of aryl methyl sites for hydroxylation is 1. The second-order valence-electron chi connectivity index (χ2n) is 6.36. The molecule has 2 N–H and O–H groups in total. The summed E-state index contributed by atoms with van der Waals surface area (Å²) in [6.07, 6.45) is 9.21. The Balaban J connectivity index is 1.94. The molecule has 2 saturated carbocycles. The third-order valence-corrected chi connectivity index (χ3v) is 5.00. The highest BCUT2D eigenvalue weighted by Gasteiger charge is 2.37. The van der Waals surface area contributed by atoms with E-state index in [9.17, 15) is 0 Å². The molecule has 0 spiro atoms. The summed E-state index contributed by atoms with van der Waals surface area (Å²) in [6.45, 7) is 2.91. The predicted octanol–water partition coefficient (Wildman–Crippen LogP) is 3.70. The predicted molar refractivity (Wildman–Crippen MR) is 78.6 cm³/mol. The topological polar surface area (TPSA) is 35.2 Å². The first kappa shape index (κ1) is 13.0. The van der Waals surface area contributed by atoms with E-state index in [1.807, 2.05) is 0 Å². The maximum atomic E-state index is 6.22. The van der Waals surface area contributed by atoms with Crippen molar-refractivity contribution < 1.29 is 4.74 Å². The van der Waals surface area contributed by atoms with E-state index >= 15 is 0 Å². The molecule has 0 bridgehead atoms. The molecule has 2 aliphatic carbocycles. The number of rotatable bonds is 4. The molecule has 0 atom stereocenters. The lowest BCUT2D eigenvalue weighted by molar-refractivity contribution is 0.117. The van der Waals surface area contributed by atoms with Crippen LogP contribution < -0.4 is 10.5 Å². The molecule has 2 aliphatic rings. The summed E-state index contributed by atoms with van der Waals surface area (Å²) in [5, 5.41) is 0. The van der Waals surface area contributed by atoms with Crippen LogP contribution >= 0.6 is 0 Å². The van der Waals surface area contributed by atoms with E-state index in [4.69, 9.17) is 10.5 Å². The van der Waals surface area contributed by atoms with Crippen LogP contribution in [0, 0.1) is 6.92 Å². The number of hydrogen-bond donors (Lipinski definition) is 1. The van der Waals surface area contributed by atoms with Crippen molar-refractivity contribution >= 4 is 0 Å². The fourth-order valence-electron chi connectivity index (χ4n) is 3.46. The van der Waals surface area contributed by atoms with Crippen molar-refractivity contribution in [3.8, 4) is 5.75 Å². The third-order valence-electron chi connectivity index (χ3n) is 5.00. The zero-order chi connectivity index (χ0) is 13.3. The van der Waals surface area contributed by atoms with Crippen molar-refractivity contribution in [3.63, 3.8) is 0 Å². The van der Waals surface area contributed by atoms with Crippen molar-refractivity contribution in [3.05, 3.63) is 29.3 Å². The van der Waals surface area contributed by atoms with Gasteiger partial charge in [-0.15, -0.1) is 0 Å². The first-order valence-corrected chi connectivity index (χ1v) is 7.71. The zero-order valence-corrected chi connectivity index (χ0v) is 12.0. The van der Waals surface area contributed by atoms with Crippen LogP contribution in [0.15, 0.2) is 18.2 Å². The van der Waals surface area contributed by atoms with Crippen molar-refractivity contribution in [2.24, 2.45) is 5.73 Å². The maximum Gasteiger partial charge on any atom is 0.123 e. The van der Waals surface area contributed by atoms with Crippen LogP contribution in [0.3, 0.4) is 0 Å². The summed E-state index contributed by atoms with van der Waals surface area (Å²) < 4.78 is 6.22. The first-order chi connectivity index (χ1) is 9.23. The summed E-state index contributed by atoms with van der Waals surface area (Å²) in [5.41, 5.74) is 9.00. The minimum atomic E-state index is 0.172. The van der Waals surface area contributed by atoms with Crippen LogP contribution in [0.4, 0.5) is 0 Å². The molecule has 19 heavy (non-hydrogen) atoms. The van der Waals surface area contributed by atoms with Gasteiger partial charge in [-0.25, -0.2) is 0 Å². The molecule has 2 nitrogen and oxygen atoms in total. The van der Waals surface area contributed by atoms with E-state index in [0.29, 0.717) is 6.10 Å². The number of benzene rings is 1. The zero-order valence-electron chi connectivity index (χ0n) is 12.0. The van der Waals surface area contributed by atoms with Gasteiger partial charge in [0.05, 0.1) is 6.10 Å². The van der Waals surface area contributed by atoms with E-state index in [0.717, 1.165) is 12.3 Å². The highest BCUT2D eigenvalue weighted by atomic mass is 16.5. The Kier molecular flexibility index (Phi) is 3.53. The molecule has 2 heteroatoms. The highest BCUT2D eigenvalue weighted by Crippen LogP contribution is 2.45. The number of ether oxygens (including phenoxy) is 1. The van der Waals surface area contributed by atoms with Crippen molar-refractivity contribution in [2.75, 3.05) is 6.54 Å². The third kappa shape index (κ3) is 2.38. The molecular formula is C17H25NO. The van der Waals surface area contributed by atoms with Crippen molar-refractivity contribution in [1.29, 1.82) is 0 Å². The molecule has 0 amide bonds. The summed E-state index contributed by atoms with van der Waals surface area (Å²) >= 11 is 0. The van der Waals surface area contributed by atoms with E-state index in [-0.39, 0.29) is 5.41 Å². The monoisotopic (exact) mass is 259 g/mol. The lowest BCUT2D eigenvalue weighted by atomic mass is 9.78. The molecule has 3 rings (SSSR count). The minimum Gasteiger partial charge on any atom is -0.490 e. The Morgan fingerprint density at radius 3 is 2.53 bits per heavy atom. The van der Waals surface area contributed by atoms with Crippen LogP contribution in [-0.4, -0.2) is 12.6 Å². The molecule has 0 radical (unpaired) electrons. The van der Waals surface area contributed by atoms with Crippen molar-refractivity contribution in [1.82, 2.24) is 0 Å². The molecule has 0 aliphatic heterocycles. The number of nitrogens with two attached hydrogens (primary N) is 1. The van der Waals surface area contributed by atoms with Crippen LogP contribution in [0.1, 0.15) is 56.1 Å². The first-order valence-electron chi connectivity index (χ1n) is 7.71. The van der Waals surface area contributed by atoms with Gasteiger partial charge in [0.15, 0.2) is 0 Å². The molecule has 0 saturated heterocycles. The lowest BCUT2D eigenvalue weighted by Crippen LogP contribution is -2.34. The fraction of sp³-hybridized carbons (Fsp3) is 0.647. The Morgan fingerprint density at radius 1 is 1.21 bits per heavy atom. The van der Waals surface area contributed by atoms with Gasteiger partial charge in [-0.05, 0) is 45.1 Å². The van der Waals surface area contributed by atoms with E-state index in [2.05, 4.69) is 25.1 Å². The molecule has 2 fully saturated rings. The molecule has 104 valence electrons. The molecule has 0 aromatic heterocycles. The van der Waals surface area contributed by atoms with E-state index < -0.39 is 0 Å². The maximum absolute atomic E-state index is 6.22. The van der Waals surface area contributed by atoms with Gasteiger partial charge in [0.2, 0.25) is 0 Å². The fourth-order valence-corrected chi connectivity index (χ4v) is 3.46. The van der Waals surface area contributed by atoms with Gasteiger partial charge < -0.3 is 10.5 Å². The molecular weight excluding hydrogens is 234 g/mol. The average molecular weight is 259 g/mol. The molecule has 1 aromatic rings. The van der Waals surface area contributed by atoms with Crippen LogP contribution in [0.25, 0.3) is 0 Å². The van der Waals surface area contributed by atoms with Gasteiger partial charge in [0.1, 0.15) is 5.75 Å². The lowest BCUT2D eigenvalue weighted by Gasteiger charge is -2.33. The van der Waals surface area contributed by atoms with Crippen LogP contribution in [0.5, 0.6) is 5.75 Å². The van der Waals surface area contributed by atoms with Gasteiger partial charge in [-0.2, -0.15) is 0 Å². The second kappa shape index (κ2) is 5.16. The average Bonchev–Trinajstić information content (AvgIpc) is 2.85. The summed E-state index contributed by atoms with van der Waals surface area (Å²) in [6, 6.07) is 6.64. The van der Waals surface area contributed by atoms with Gasteiger partial charge in [0, 0.05) is 17.5 Å². The van der Waals surface area contributed by atoms with Crippen molar-refractivity contribution in [2.45, 2.75) is 63.4 Å². The summed E-state index contributed by atoms with van der Waals surface area (Å²) in [5.74, 6) is 1.10. The minimum absolute atomic E-state index is 0.172. The summed E-state index contributed by atoms with van der Waals surface area (Å²) in [7, 11) is 0. The Labute approximate surface area is 116 Å². The molecule has 1 aromatic carbocycles. The SMILES string of the molecule is Cc1ccc(OC2CCC2)c(C2(CN)CCCC2)c1. The van der Waals surface area contributed by atoms with Crippen LogP contribution in [0.2, 0.25) is 0 Å². The van der Waals surface area contributed by atoms with Gasteiger partial charge in [0.25, 0.3) is 0 Å². The summed E-state index contributed by atoms with van der Waals surface area (Å²) in [4.78, 5) is 0. The Bertz CT molecular complexity index is 445. The molecule has 0 heterocycles. The molecule has 0 unspecified atom stereocenters. The van der Waals surface area contributed by atoms with E-state index in [1.165, 1.54) is 56.1 Å².